The highest BCUT2D eigenvalue weighted by molar-refractivity contribution is 5.98. The molecule has 1 aromatic rings. The fourth-order valence-electron chi connectivity index (χ4n) is 2.81. The summed E-state index contributed by atoms with van der Waals surface area (Å²) in [5, 5.41) is 0. The van der Waals surface area contributed by atoms with E-state index in [-0.39, 0.29) is 57.1 Å². The van der Waals surface area contributed by atoms with Crippen molar-refractivity contribution in [1.82, 2.24) is 9.80 Å². The second kappa shape index (κ2) is 8.33. The zero-order valence-corrected chi connectivity index (χ0v) is 14.5. The lowest BCUT2D eigenvalue weighted by Gasteiger charge is -2.22. The molecule has 2 rings (SSSR count). The predicted molar refractivity (Wildman–Crippen MR) is 88.6 cm³/mol. The monoisotopic (exact) mass is 370 g/mol. The molecule has 2 amide bonds. The van der Waals surface area contributed by atoms with Gasteiger partial charge in [0.25, 0.3) is 0 Å². The van der Waals surface area contributed by atoms with Crippen LogP contribution in [0.2, 0.25) is 0 Å². The topological polar surface area (TPSA) is 57.7 Å². The molecule has 1 aliphatic heterocycles. The molecule has 142 valence electrons. The van der Waals surface area contributed by atoms with Gasteiger partial charge in [-0.2, -0.15) is 13.2 Å². The van der Waals surface area contributed by atoms with Gasteiger partial charge in [-0.1, -0.05) is 29.8 Å². The fraction of sp³-hybridized carbons (Fsp3) is 0.500. The third-order valence-electron chi connectivity index (χ3n) is 4.32. The highest BCUT2D eigenvalue weighted by atomic mass is 19.4. The molecular weight excluding hydrogens is 349 g/mol. The normalized spacial score (nSPS) is 15.5. The van der Waals surface area contributed by atoms with Crippen molar-refractivity contribution in [1.29, 1.82) is 0 Å². The molecule has 1 fully saturated rings. The lowest BCUT2D eigenvalue weighted by atomic mass is 10.0. The van der Waals surface area contributed by atoms with E-state index < -0.39 is 12.1 Å². The summed E-state index contributed by atoms with van der Waals surface area (Å²) in [4.78, 5) is 37.8. The number of halogens is 3. The fourth-order valence-corrected chi connectivity index (χ4v) is 2.81. The van der Waals surface area contributed by atoms with Crippen LogP contribution in [0.3, 0.4) is 0 Å². The molecule has 0 N–H and O–H groups in total. The number of benzene rings is 1. The highest BCUT2D eigenvalue weighted by Gasteiger charge is 2.42. The molecule has 5 nitrogen and oxygen atoms in total. The molecule has 26 heavy (non-hydrogen) atoms. The minimum absolute atomic E-state index is 0.0000724. The van der Waals surface area contributed by atoms with Gasteiger partial charge >= 0.3 is 12.1 Å². The third-order valence-corrected chi connectivity index (χ3v) is 4.32. The van der Waals surface area contributed by atoms with E-state index in [9.17, 15) is 27.6 Å². The minimum atomic E-state index is -4.90. The van der Waals surface area contributed by atoms with Gasteiger partial charge in [0.2, 0.25) is 5.91 Å². The van der Waals surface area contributed by atoms with Crippen molar-refractivity contribution in [3.8, 4) is 0 Å². The van der Waals surface area contributed by atoms with Gasteiger partial charge in [0.05, 0.1) is 0 Å². The van der Waals surface area contributed by atoms with Crippen molar-refractivity contribution >= 4 is 17.6 Å². The van der Waals surface area contributed by atoms with Crippen LogP contribution in [0.15, 0.2) is 24.3 Å². The number of carbonyl (C=O) groups is 3. The Morgan fingerprint density at radius 1 is 0.923 bits per heavy atom. The van der Waals surface area contributed by atoms with E-state index in [2.05, 4.69) is 0 Å². The van der Waals surface area contributed by atoms with Gasteiger partial charge in [0.1, 0.15) is 0 Å². The van der Waals surface area contributed by atoms with Crippen molar-refractivity contribution < 1.29 is 27.6 Å². The Labute approximate surface area is 149 Å². The quantitative estimate of drug-likeness (QED) is 0.766. The largest absolute Gasteiger partial charge is 0.471 e. The molecule has 1 saturated heterocycles. The first-order valence-corrected chi connectivity index (χ1v) is 8.42. The number of rotatable bonds is 4. The molecule has 0 aromatic heterocycles. The average Bonchev–Trinajstić information content (AvgIpc) is 2.84. The number of alkyl halides is 3. The van der Waals surface area contributed by atoms with E-state index in [1.165, 1.54) is 4.90 Å². The van der Waals surface area contributed by atoms with Gasteiger partial charge in [0, 0.05) is 44.6 Å². The number of aryl methyl sites for hydroxylation is 1. The number of ketones is 1. The third kappa shape index (κ3) is 5.31. The number of hydrogen-bond donors (Lipinski definition) is 0. The first-order valence-electron chi connectivity index (χ1n) is 8.42. The summed E-state index contributed by atoms with van der Waals surface area (Å²) in [5.41, 5.74) is 1.56. The molecule has 8 heteroatoms. The number of Topliss-reactive ketones (excluding diaryl/α,β-unsaturated/α-hetero) is 1. The summed E-state index contributed by atoms with van der Waals surface area (Å²) in [6.45, 7) is 2.03. The summed E-state index contributed by atoms with van der Waals surface area (Å²) in [6.07, 6.45) is -4.58. The first-order chi connectivity index (χ1) is 12.2. The van der Waals surface area contributed by atoms with Crippen molar-refractivity contribution in [3.63, 3.8) is 0 Å². The van der Waals surface area contributed by atoms with Crippen LogP contribution in [0.25, 0.3) is 0 Å². The van der Waals surface area contributed by atoms with Crippen LogP contribution in [-0.2, 0) is 9.59 Å². The SMILES string of the molecule is Cc1ccc(C(=O)CCC(=O)N2CCCN(C(=O)C(F)(F)F)CC2)cc1. The number of carbonyl (C=O) groups excluding carboxylic acids is 3. The summed E-state index contributed by atoms with van der Waals surface area (Å²) in [6, 6.07) is 7.04. The molecule has 1 aliphatic rings. The molecular formula is C18H21F3N2O3. The molecule has 1 aromatic carbocycles. The van der Waals surface area contributed by atoms with Gasteiger partial charge in [-0.15, -0.1) is 0 Å². The van der Waals surface area contributed by atoms with Gasteiger partial charge < -0.3 is 9.80 Å². The zero-order chi connectivity index (χ0) is 19.3. The number of nitrogens with zero attached hydrogens (tertiary/aromatic N) is 2. The molecule has 0 aliphatic carbocycles. The van der Waals surface area contributed by atoms with Crippen LogP contribution in [0.1, 0.15) is 35.2 Å². The van der Waals surface area contributed by atoms with Gasteiger partial charge in [-0.25, -0.2) is 0 Å². The van der Waals surface area contributed by atoms with Gasteiger partial charge in [-0.05, 0) is 13.3 Å². The molecule has 1 heterocycles. The Balaban J connectivity index is 1.85. The Morgan fingerprint density at radius 2 is 1.50 bits per heavy atom. The molecule has 0 spiro atoms. The van der Waals surface area contributed by atoms with E-state index in [4.69, 9.17) is 0 Å². The van der Waals surface area contributed by atoms with Crippen molar-refractivity contribution in [3.05, 3.63) is 35.4 Å². The van der Waals surface area contributed by atoms with Crippen LogP contribution in [0.5, 0.6) is 0 Å². The van der Waals surface area contributed by atoms with Crippen LogP contribution in [-0.4, -0.2) is 59.8 Å². The standard InChI is InChI=1S/C18H21F3N2O3/c1-13-3-5-14(6-4-13)15(24)7-8-16(25)22-9-2-10-23(12-11-22)17(26)18(19,20)21/h3-6H,2,7-12H2,1H3. The molecule has 0 bridgehead atoms. The van der Waals surface area contributed by atoms with Crippen molar-refractivity contribution in [2.75, 3.05) is 26.2 Å². The van der Waals surface area contributed by atoms with E-state index in [1.54, 1.807) is 12.1 Å². The minimum Gasteiger partial charge on any atom is -0.341 e. The van der Waals surface area contributed by atoms with E-state index in [0.717, 1.165) is 10.5 Å². The van der Waals surface area contributed by atoms with E-state index in [0.29, 0.717) is 5.56 Å². The molecule has 0 atom stereocenters. The average molecular weight is 370 g/mol. The molecule has 0 unspecified atom stereocenters. The predicted octanol–water partition coefficient (Wildman–Crippen LogP) is 2.58. The maximum Gasteiger partial charge on any atom is 0.471 e. The molecule has 0 radical (unpaired) electrons. The smallest absolute Gasteiger partial charge is 0.341 e. The van der Waals surface area contributed by atoms with Crippen molar-refractivity contribution in [2.45, 2.75) is 32.4 Å². The Bertz CT molecular complexity index is 671. The van der Waals surface area contributed by atoms with Gasteiger partial charge in [-0.3, -0.25) is 14.4 Å². The second-order valence-corrected chi connectivity index (χ2v) is 6.31. The van der Waals surface area contributed by atoms with Crippen LogP contribution in [0, 0.1) is 6.92 Å². The van der Waals surface area contributed by atoms with E-state index in [1.807, 2.05) is 19.1 Å². The maximum absolute atomic E-state index is 12.5. The summed E-state index contributed by atoms with van der Waals surface area (Å²) >= 11 is 0. The Morgan fingerprint density at radius 3 is 2.12 bits per heavy atom. The lowest BCUT2D eigenvalue weighted by molar-refractivity contribution is -0.185. The summed E-state index contributed by atoms with van der Waals surface area (Å²) < 4.78 is 37.5. The Kier molecular flexibility index (Phi) is 6.39. The number of hydrogen-bond acceptors (Lipinski definition) is 3. The van der Waals surface area contributed by atoms with Crippen LogP contribution < -0.4 is 0 Å². The number of amides is 2. The Hall–Kier alpha value is -2.38. The van der Waals surface area contributed by atoms with E-state index >= 15 is 0 Å². The summed E-state index contributed by atoms with van der Waals surface area (Å²) in [7, 11) is 0. The lowest BCUT2D eigenvalue weighted by Crippen LogP contribution is -2.43. The first kappa shape index (κ1) is 19.9. The van der Waals surface area contributed by atoms with Crippen molar-refractivity contribution in [2.24, 2.45) is 0 Å². The van der Waals surface area contributed by atoms with Crippen LogP contribution >= 0.6 is 0 Å². The summed E-state index contributed by atoms with van der Waals surface area (Å²) in [5.74, 6) is -2.31. The molecule has 0 saturated carbocycles. The van der Waals surface area contributed by atoms with Crippen LogP contribution in [0.4, 0.5) is 13.2 Å². The van der Waals surface area contributed by atoms with Gasteiger partial charge in [0.15, 0.2) is 5.78 Å². The zero-order valence-electron chi connectivity index (χ0n) is 14.5. The maximum atomic E-state index is 12.5. The highest BCUT2D eigenvalue weighted by Crippen LogP contribution is 2.20. The second-order valence-electron chi connectivity index (χ2n) is 6.31.